The van der Waals surface area contributed by atoms with E-state index in [1.807, 2.05) is 0 Å². The van der Waals surface area contributed by atoms with Crippen LogP contribution in [0.25, 0.3) is 0 Å². The molecule has 0 radical (unpaired) electrons. The third kappa shape index (κ3) is 7.48. The summed E-state index contributed by atoms with van der Waals surface area (Å²) in [6.45, 7) is 2.09. The van der Waals surface area contributed by atoms with E-state index in [2.05, 4.69) is 6.92 Å². The molecule has 0 spiro atoms. The normalized spacial score (nSPS) is 23.2. The van der Waals surface area contributed by atoms with E-state index in [0.717, 1.165) is 64.2 Å². The smallest absolute Gasteiger partial charge is 0.203 e. The number of hydrogen-bond acceptors (Lipinski definition) is 0. The molecule has 0 N–H and O–H groups in total. The summed E-state index contributed by atoms with van der Waals surface area (Å²) in [5.41, 5.74) is -5.80. The SMILES string of the molecule is CCCCCCCC1CCC(C2CCC(c3c(F)c(F)c(C(F)(F)C(F)(F)C(F)(F)C(F)(F)C(F)(F)C(F)(F)C(F)(F)C(F)(F)F)c(F)c3F)CC2)CC1. The van der Waals surface area contributed by atoms with E-state index in [0.29, 0.717) is 5.92 Å². The van der Waals surface area contributed by atoms with Crippen LogP contribution in [-0.2, 0) is 5.92 Å². The molecule has 0 aromatic heterocycles. The molecular formula is C33H35F21. The van der Waals surface area contributed by atoms with Gasteiger partial charge in [0.25, 0.3) is 0 Å². The fraction of sp³-hybridized carbons (Fsp3) is 0.818. The fourth-order valence-electron chi connectivity index (χ4n) is 7.47. The van der Waals surface area contributed by atoms with Gasteiger partial charge in [-0.25, -0.2) is 17.6 Å². The summed E-state index contributed by atoms with van der Waals surface area (Å²) in [7, 11) is 0. The summed E-state index contributed by atoms with van der Waals surface area (Å²) in [6.07, 6.45) is 1.84. The molecule has 21 heteroatoms. The van der Waals surface area contributed by atoms with Crippen LogP contribution in [0.1, 0.15) is 114 Å². The van der Waals surface area contributed by atoms with Crippen LogP contribution in [0.15, 0.2) is 0 Å². The molecule has 0 atom stereocenters. The van der Waals surface area contributed by atoms with Gasteiger partial charge in [-0.3, -0.25) is 0 Å². The number of rotatable bonds is 15. The van der Waals surface area contributed by atoms with E-state index < -0.39 is 87.9 Å². The maximum absolute atomic E-state index is 15.1. The van der Waals surface area contributed by atoms with Gasteiger partial charge < -0.3 is 0 Å². The first-order chi connectivity index (χ1) is 24.4. The molecule has 2 saturated carbocycles. The Labute approximate surface area is 295 Å². The average Bonchev–Trinajstić information content (AvgIpc) is 3.07. The monoisotopic (exact) mass is 830 g/mol. The number of alkyl halides is 17. The van der Waals surface area contributed by atoms with Gasteiger partial charge in [0.15, 0.2) is 23.3 Å². The summed E-state index contributed by atoms with van der Waals surface area (Å²) < 4.78 is 293. The molecule has 0 nitrogen and oxygen atoms in total. The lowest BCUT2D eigenvalue weighted by Gasteiger charge is -2.43. The van der Waals surface area contributed by atoms with Crippen LogP contribution in [-0.4, -0.2) is 41.7 Å². The van der Waals surface area contributed by atoms with Crippen molar-refractivity contribution in [3.05, 3.63) is 34.4 Å². The zero-order valence-corrected chi connectivity index (χ0v) is 28.1. The van der Waals surface area contributed by atoms with Crippen LogP contribution in [0.3, 0.4) is 0 Å². The topological polar surface area (TPSA) is 0 Å². The van der Waals surface area contributed by atoms with Crippen molar-refractivity contribution >= 4 is 0 Å². The van der Waals surface area contributed by atoms with E-state index in [9.17, 15) is 83.4 Å². The number of unbranched alkanes of at least 4 members (excludes halogenated alkanes) is 4. The Hall–Kier alpha value is -2.25. The molecule has 0 amide bonds. The molecule has 0 unspecified atom stereocenters. The minimum absolute atomic E-state index is 0.0552. The fourth-order valence-corrected chi connectivity index (χ4v) is 7.47. The minimum atomic E-state index is -9.03. The second-order valence-corrected chi connectivity index (χ2v) is 14.2. The highest BCUT2D eigenvalue weighted by Gasteiger charge is 2.95. The van der Waals surface area contributed by atoms with Crippen molar-refractivity contribution in [3.8, 4) is 0 Å². The Balaban J connectivity index is 1.87. The van der Waals surface area contributed by atoms with Gasteiger partial charge in [0.2, 0.25) is 0 Å². The highest BCUT2D eigenvalue weighted by atomic mass is 19.4. The molecule has 314 valence electrons. The summed E-state index contributed by atoms with van der Waals surface area (Å²) in [5, 5.41) is 0. The minimum Gasteiger partial charge on any atom is -0.203 e. The van der Waals surface area contributed by atoms with Gasteiger partial charge in [-0.2, -0.15) is 74.6 Å². The third-order valence-electron chi connectivity index (χ3n) is 10.8. The standard InChI is InChI=1S/C33H35F21/c1-2-3-4-5-6-7-16-8-10-17(11-9-16)18-12-14-19(15-13-18)20-22(34)24(36)21(25(37)23(20)35)26(38,39)27(40,41)28(42,43)29(44,45)30(46,47)31(48,49)32(50,51)33(52,53)54/h16-19H,2-15H2,1H3. The van der Waals surface area contributed by atoms with E-state index >= 15 is 8.78 Å². The number of halogens is 21. The van der Waals surface area contributed by atoms with Gasteiger partial charge in [0.05, 0.1) is 0 Å². The molecule has 0 bridgehead atoms. The summed E-state index contributed by atoms with van der Waals surface area (Å²) in [4.78, 5) is 0. The molecule has 2 aliphatic carbocycles. The van der Waals surface area contributed by atoms with Crippen LogP contribution in [0.5, 0.6) is 0 Å². The number of hydrogen-bond donors (Lipinski definition) is 0. The number of benzene rings is 1. The lowest BCUT2D eigenvalue weighted by Crippen LogP contribution is -2.74. The van der Waals surface area contributed by atoms with Crippen LogP contribution in [0, 0.1) is 41.0 Å². The first-order valence-electron chi connectivity index (χ1n) is 17.0. The molecular weight excluding hydrogens is 795 g/mol. The van der Waals surface area contributed by atoms with Gasteiger partial charge in [-0.1, -0.05) is 58.3 Å². The lowest BCUT2D eigenvalue weighted by molar-refractivity contribution is -0.463. The third-order valence-corrected chi connectivity index (χ3v) is 10.8. The zero-order chi connectivity index (χ0) is 41.7. The molecule has 1 aromatic carbocycles. The van der Waals surface area contributed by atoms with E-state index in [1.165, 1.54) is 0 Å². The van der Waals surface area contributed by atoms with Crippen molar-refractivity contribution in [2.45, 2.75) is 150 Å². The average molecular weight is 831 g/mol. The summed E-state index contributed by atoms with van der Waals surface area (Å²) >= 11 is 0. The van der Waals surface area contributed by atoms with Crippen molar-refractivity contribution in [1.29, 1.82) is 0 Å². The summed E-state index contributed by atoms with van der Waals surface area (Å²) in [6, 6.07) is 0. The molecule has 0 aliphatic heterocycles. The van der Waals surface area contributed by atoms with Gasteiger partial charge in [0.1, 0.15) is 5.56 Å². The maximum Gasteiger partial charge on any atom is 0.460 e. The predicted molar refractivity (Wildman–Crippen MR) is 149 cm³/mol. The molecule has 2 fully saturated rings. The Morgan fingerprint density at radius 1 is 0.426 bits per heavy atom. The lowest BCUT2D eigenvalue weighted by atomic mass is 9.67. The Kier molecular flexibility index (Phi) is 13.3. The van der Waals surface area contributed by atoms with Crippen LogP contribution >= 0.6 is 0 Å². The molecule has 0 saturated heterocycles. The van der Waals surface area contributed by atoms with Crippen LogP contribution < -0.4 is 0 Å². The second-order valence-electron chi connectivity index (χ2n) is 14.2. The first kappa shape index (κ1) is 46.1. The Morgan fingerprint density at radius 3 is 1.20 bits per heavy atom. The van der Waals surface area contributed by atoms with Crippen molar-refractivity contribution in [1.82, 2.24) is 0 Å². The highest BCUT2D eigenvalue weighted by molar-refractivity contribution is 5.37. The Morgan fingerprint density at radius 2 is 0.796 bits per heavy atom. The van der Waals surface area contributed by atoms with Gasteiger partial charge in [0, 0.05) is 5.56 Å². The second kappa shape index (κ2) is 15.6. The first-order valence-corrected chi connectivity index (χ1v) is 17.0. The maximum atomic E-state index is 15.1. The predicted octanol–water partition coefficient (Wildman–Crippen LogP) is 14.1. The van der Waals surface area contributed by atoms with Crippen molar-refractivity contribution in [2.75, 3.05) is 0 Å². The van der Waals surface area contributed by atoms with E-state index in [1.54, 1.807) is 0 Å². The van der Waals surface area contributed by atoms with Gasteiger partial charge in [-0.15, -0.1) is 0 Å². The highest BCUT2D eigenvalue weighted by Crippen LogP contribution is 2.65. The van der Waals surface area contributed by atoms with Crippen LogP contribution in [0.2, 0.25) is 0 Å². The van der Waals surface area contributed by atoms with E-state index in [-0.39, 0.29) is 37.5 Å². The van der Waals surface area contributed by atoms with Gasteiger partial charge in [-0.05, 0) is 62.2 Å². The van der Waals surface area contributed by atoms with Crippen molar-refractivity contribution in [2.24, 2.45) is 17.8 Å². The van der Waals surface area contributed by atoms with Crippen molar-refractivity contribution < 1.29 is 92.2 Å². The molecule has 2 aliphatic rings. The van der Waals surface area contributed by atoms with Crippen molar-refractivity contribution in [3.63, 3.8) is 0 Å². The zero-order valence-electron chi connectivity index (χ0n) is 28.1. The van der Waals surface area contributed by atoms with Crippen LogP contribution in [0.4, 0.5) is 92.2 Å². The Bertz CT molecular complexity index is 1400. The molecule has 1 aromatic rings. The summed E-state index contributed by atoms with van der Waals surface area (Å²) in [5.74, 6) is -74.5. The quantitative estimate of drug-likeness (QED) is 0.0938. The molecule has 0 heterocycles. The van der Waals surface area contributed by atoms with E-state index in [4.69, 9.17) is 0 Å². The van der Waals surface area contributed by atoms with Gasteiger partial charge >= 0.3 is 47.6 Å². The molecule has 54 heavy (non-hydrogen) atoms. The molecule has 3 rings (SSSR count). The largest absolute Gasteiger partial charge is 0.460 e.